The number of carbonyl (C=O) groups excluding carboxylic acids is 1. The van der Waals surface area contributed by atoms with Crippen molar-refractivity contribution < 1.29 is 9.32 Å². The van der Waals surface area contributed by atoms with Crippen LogP contribution in [-0.4, -0.2) is 59.0 Å². The van der Waals surface area contributed by atoms with Gasteiger partial charge < -0.3 is 14.3 Å². The van der Waals surface area contributed by atoms with E-state index in [4.69, 9.17) is 4.52 Å². The van der Waals surface area contributed by atoms with Crippen LogP contribution < -0.4 is 4.90 Å². The second-order valence-corrected chi connectivity index (χ2v) is 5.19. The van der Waals surface area contributed by atoms with Crippen molar-refractivity contribution in [3.8, 4) is 11.3 Å². The van der Waals surface area contributed by atoms with Crippen molar-refractivity contribution in [3.05, 3.63) is 24.2 Å². The number of aromatic nitrogens is 3. The van der Waals surface area contributed by atoms with E-state index in [-0.39, 0.29) is 11.5 Å². The smallest absolute Gasteiger partial charge is 0.225 e. The molecule has 0 atom stereocenters. The Morgan fingerprint density at radius 1 is 1.19 bits per heavy atom. The predicted octanol–water partition coefficient (Wildman–Crippen LogP) is 1.09. The summed E-state index contributed by atoms with van der Waals surface area (Å²) in [6.07, 6.45) is 3.42. The van der Waals surface area contributed by atoms with E-state index in [1.165, 1.54) is 6.92 Å². The number of nitrogens with zero attached hydrogens (tertiary/aromatic N) is 5. The lowest BCUT2D eigenvalue weighted by Gasteiger charge is -2.32. The zero-order chi connectivity index (χ0) is 14.8. The summed E-state index contributed by atoms with van der Waals surface area (Å²) in [6, 6.07) is 1.61. The monoisotopic (exact) mass is 287 g/mol. The van der Waals surface area contributed by atoms with Gasteiger partial charge in [-0.1, -0.05) is 5.16 Å². The highest BCUT2D eigenvalue weighted by molar-refractivity contribution is 5.92. The van der Waals surface area contributed by atoms with Crippen LogP contribution in [0, 0.1) is 0 Å². The van der Waals surface area contributed by atoms with E-state index >= 15 is 0 Å². The van der Waals surface area contributed by atoms with E-state index < -0.39 is 0 Å². The Bertz CT molecular complexity index is 629. The molecule has 1 saturated heterocycles. The molecule has 110 valence electrons. The van der Waals surface area contributed by atoms with Crippen molar-refractivity contribution in [1.29, 1.82) is 0 Å². The Balaban J connectivity index is 1.75. The first kappa shape index (κ1) is 13.7. The summed E-state index contributed by atoms with van der Waals surface area (Å²) in [7, 11) is 2.11. The Hall–Kier alpha value is -2.28. The van der Waals surface area contributed by atoms with Gasteiger partial charge in [-0.15, -0.1) is 0 Å². The molecule has 3 rings (SSSR count). The molecular weight excluding hydrogens is 270 g/mol. The zero-order valence-electron chi connectivity index (χ0n) is 12.1. The number of hydrogen-bond donors (Lipinski definition) is 0. The summed E-state index contributed by atoms with van der Waals surface area (Å²) in [4.78, 5) is 24.4. The quantitative estimate of drug-likeness (QED) is 0.782. The molecule has 7 nitrogen and oxygen atoms in total. The molecular formula is C14H17N5O2. The molecule has 0 aliphatic carbocycles. The molecule has 1 aliphatic heterocycles. The fourth-order valence-electron chi connectivity index (χ4n) is 2.20. The topological polar surface area (TPSA) is 75.4 Å². The SMILES string of the molecule is CC(=O)c1cc(-c2cnc(N3CCN(C)CC3)nc2)no1. The minimum Gasteiger partial charge on any atom is -0.353 e. The third kappa shape index (κ3) is 2.92. The largest absolute Gasteiger partial charge is 0.353 e. The van der Waals surface area contributed by atoms with Crippen molar-refractivity contribution in [1.82, 2.24) is 20.0 Å². The average Bonchev–Trinajstić information content (AvgIpc) is 2.98. The molecule has 0 aromatic carbocycles. The van der Waals surface area contributed by atoms with Gasteiger partial charge >= 0.3 is 0 Å². The van der Waals surface area contributed by atoms with Gasteiger partial charge in [0.1, 0.15) is 5.69 Å². The van der Waals surface area contributed by atoms with E-state index in [1.807, 2.05) is 0 Å². The van der Waals surface area contributed by atoms with Gasteiger partial charge in [-0.2, -0.15) is 0 Å². The number of likely N-dealkylation sites (N-methyl/N-ethyl adjacent to an activating group) is 1. The molecule has 2 aromatic rings. The van der Waals surface area contributed by atoms with Gasteiger partial charge in [-0.05, 0) is 7.05 Å². The molecule has 0 N–H and O–H groups in total. The molecule has 2 aromatic heterocycles. The van der Waals surface area contributed by atoms with Crippen molar-refractivity contribution in [2.75, 3.05) is 38.1 Å². The lowest BCUT2D eigenvalue weighted by molar-refractivity contribution is 0.0978. The van der Waals surface area contributed by atoms with Gasteiger partial charge in [-0.3, -0.25) is 4.79 Å². The van der Waals surface area contributed by atoms with Crippen LogP contribution in [0.5, 0.6) is 0 Å². The number of anilines is 1. The van der Waals surface area contributed by atoms with E-state index in [1.54, 1.807) is 18.5 Å². The molecule has 0 saturated carbocycles. The molecule has 0 spiro atoms. The summed E-state index contributed by atoms with van der Waals surface area (Å²) >= 11 is 0. The third-order valence-electron chi connectivity index (χ3n) is 3.58. The molecule has 0 bridgehead atoms. The fourth-order valence-corrected chi connectivity index (χ4v) is 2.20. The maximum Gasteiger partial charge on any atom is 0.225 e. The van der Waals surface area contributed by atoms with E-state index in [9.17, 15) is 4.79 Å². The van der Waals surface area contributed by atoms with E-state index in [0.717, 1.165) is 37.7 Å². The van der Waals surface area contributed by atoms with Crippen molar-refractivity contribution >= 4 is 11.7 Å². The average molecular weight is 287 g/mol. The fraction of sp³-hybridized carbons (Fsp3) is 0.429. The standard InChI is InChI=1S/C14H17N5O2/c1-10(20)13-7-12(17-21-13)11-8-15-14(16-9-11)19-5-3-18(2)4-6-19/h7-9H,3-6H2,1-2H3. The molecule has 7 heteroatoms. The minimum atomic E-state index is -0.149. The summed E-state index contributed by atoms with van der Waals surface area (Å²) < 4.78 is 4.97. The zero-order valence-corrected chi connectivity index (χ0v) is 12.1. The lowest BCUT2D eigenvalue weighted by atomic mass is 10.2. The number of ketones is 1. The van der Waals surface area contributed by atoms with Gasteiger partial charge in [0, 0.05) is 57.1 Å². The van der Waals surface area contributed by atoms with Crippen molar-refractivity contribution in [3.63, 3.8) is 0 Å². The van der Waals surface area contributed by atoms with Gasteiger partial charge in [0.05, 0.1) is 0 Å². The Morgan fingerprint density at radius 2 is 1.86 bits per heavy atom. The number of rotatable bonds is 3. The summed E-state index contributed by atoms with van der Waals surface area (Å²) in [5, 5.41) is 3.86. The van der Waals surface area contributed by atoms with Crippen LogP contribution in [-0.2, 0) is 0 Å². The first-order valence-electron chi connectivity index (χ1n) is 6.87. The van der Waals surface area contributed by atoms with E-state index in [0.29, 0.717) is 5.69 Å². The molecule has 1 fully saturated rings. The summed E-state index contributed by atoms with van der Waals surface area (Å²) in [5.41, 5.74) is 1.31. The summed E-state index contributed by atoms with van der Waals surface area (Å²) in [5.74, 6) is 0.819. The highest BCUT2D eigenvalue weighted by Gasteiger charge is 2.17. The molecule has 3 heterocycles. The van der Waals surface area contributed by atoms with Crippen LogP contribution in [0.1, 0.15) is 17.5 Å². The molecule has 0 radical (unpaired) electrons. The van der Waals surface area contributed by atoms with Crippen LogP contribution in [0.25, 0.3) is 11.3 Å². The maximum absolute atomic E-state index is 11.2. The summed E-state index contributed by atoms with van der Waals surface area (Å²) in [6.45, 7) is 5.31. The number of piperazine rings is 1. The Kier molecular flexibility index (Phi) is 3.66. The second kappa shape index (κ2) is 5.61. The Labute approximate surface area is 122 Å². The molecule has 21 heavy (non-hydrogen) atoms. The first-order valence-corrected chi connectivity index (χ1v) is 6.87. The van der Waals surface area contributed by atoms with Crippen LogP contribution in [0.4, 0.5) is 5.95 Å². The minimum absolute atomic E-state index is 0.149. The predicted molar refractivity (Wildman–Crippen MR) is 77.2 cm³/mol. The van der Waals surface area contributed by atoms with Crippen LogP contribution >= 0.6 is 0 Å². The van der Waals surface area contributed by atoms with Gasteiger partial charge in [0.25, 0.3) is 0 Å². The first-order chi connectivity index (χ1) is 10.1. The molecule has 0 amide bonds. The van der Waals surface area contributed by atoms with E-state index in [2.05, 4.69) is 32.0 Å². The highest BCUT2D eigenvalue weighted by atomic mass is 16.5. The van der Waals surface area contributed by atoms with Crippen LogP contribution in [0.15, 0.2) is 23.0 Å². The Morgan fingerprint density at radius 3 is 2.43 bits per heavy atom. The van der Waals surface area contributed by atoms with Crippen LogP contribution in [0.3, 0.4) is 0 Å². The van der Waals surface area contributed by atoms with Crippen molar-refractivity contribution in [2.24, 2.45) is 0 Å². The van der Waals surface area contributed by atoms with Gasteiger partial charge in [-0.25, -0.2) is 9.97 Å². The van der Waals surface area contributed by atoms with Crippen molar-refractivity contribution in [2.45, 2.75) is 6.92 Å². The van der Waals surface area contributed by atoms with Gasteiger partial charge in [0.2, 0.25) is 11.7 Å². The second-order valence-electron chi connectivity index (χ2n) is 5.19. The lowest BCUT2D eigenvalue weighted by Crippen LogP contribution is -2.45. The molecule has 1 aliphatic rings. The normalized spacial score (nSPS) is 16.2. The maximum atomic E-state index is 11.2. The number of carbonyl (C=O) groups is 1. The van der Waals surface area contributed by atoms with Crippen LogP contribution in [0.2, 0.25) is 0 Å². The number of Topliss-reactive ketones (excluding diaryl/α,β-unsaturated/α-hetero) is 1. The third-order valence-corrected chi connectivity index (χ3v) is 3.58. The van der Waals surface area contributed by atoms with Gasteiger partial charge in [0.15, 0.2) is 5.78 Å². The molecule has 0 unspecified atom stereocenters. The highest BCUT2D eigenvalue weighted by Crippen LogP contribution is 2.19. The number of hydrogen-bond acceptors (Lipinski definition) is 7.